The Bertz CT molecular complexity index is 746. The fraction of sp³-hybridized carbons (Fsp3) is 0.375. The molecule has 1 aliphatic heterocycles. The summed E-state index contributed by atoms with van der Waals surface area (Å²) in [6.07, 6.45) is 0.158. The molecule has 0 atom stereocenters. The van der Waals surface area contributed by atoms with Gasteiger partial charge in [-0.15, -0.1) is 0 Å². The summed E-state index contributed by atoms with van der Waals surface area (Å²) in [5.74, 6) is 1.10. The van der Waals surface area contributed by atoms with Crippen molar-refractivity contribution in [1.82, 2.24) is 15.0 Å². The van der Waals surface area contributed by atoms with Crippen molar-refractivity contribution in [2.75, 3.05) is 18.8 Å². The number of benzene rings is 1. The van der Waals surface area contributed by atoms with E-state index >= 15 is 0 Å². The summed E-state index contributed by atoms with van der Waals surface area (Å²) in [5, 5.41) is 3.93. The van der Waals surface area contributed by atoms with Crippen molar-refractivity contribution >= 4 is 23.0 Å². The average molecular weight is 347 g/mol. The molecule has 0 saturated carbocycles. The monoisotopic (exact) mass is 347 g/mol. The fourth-order valence-corrected chi connectivity index (χ4v) is 3.17. The summed E-state index contributed by atoms with van der Waals surface area (Å²) in [7, 11) is 0. The third kappa shape index (κ3) is 3.94. The Balaban J connectivity index is 1.49. The van der Waals surface area contributed by atoms with Gasteiger partial charge in [-0.3, -0.25) is 9.59 Å². The predicted octanol–water partition coefficient (Wildman–Crippen LogP) is 2.65. The molecule has 1 fully saturated rings. The summed E-state index contributed by atoms with van der Waals surface area (Å²) in [4.78, 5) is 29.1. The smallest absolute Gasteiger partial charge is 0.308 e. The maximum Gasteiger partial charge on any atom is 0.308 e. The van der Waals surface area contributed by atoms with Gasteiger partial charge in [-0.1, -0.05) is 41.2 Å². The quantitative estimate of drug-likeness (QED) is 0.743. The molecule has 8 heteroatoms. The standard InChI is InChI=1S/C16H17N3O4S/c1-11-4-2-3-5-12(11)15-17-13(23-18-15)10-22-14(20)6-7-19-8-9-24-16(19)21/h2-5H,6-10H2,1H3. The van der Waals surface area contributed by atoms with E-state index in [0.717, 1.165) is 16.9 Å². The maximum absolute atomic E-state index is 11.8. The molecule has 1 aliphatic rings. The number of hydrogen-bond donors (Lipinski definition) is 0. The Hall–Kier alpha value is -2.35. The van der Waals surface area contributed by atoms with Crippen LogP contribution in [-0.2, 0) is 16.1 Å². The molecule has 7 nitrogen and oxygen atoms in total. The zero-order valence-corrected chi connectivity index (χ0v) is 14.0. The highest BCUT2D eigenvalue weighted by Gasteiger charge is 2.21. The second kappa shape index (κ2) is 7.48. The molecule has 0 spiro atoms. The van der Waals surface area contributed by atoms with Crippen molar-refractivity contribution in [3.8, 4) is 11.4 Å². The van der Waals surface area contributed by atoms with Gasteiger partial charge in [-0.05, 0) is 12.5 Å². The molecule has 0 radical (unpaired) electrons. The highest BCUT2D eigenvalue weighted by Crippen LogP contribution is 2.20. The fourth-order valence-electron chi connectivity index (χ4n) is 2.32. The van der Waals surface area contributed by atoms with Gasteiger partial charge < -0.3 is 14.2 Å². The Morgan fingerprint density at radius 2 is 2.25 bits per heavy atom. The SMILES string of the molecule is Cc1ccccc1-c1noc(COC(=O)CCN2CCSC2=O)n1. The Morgan fingerprint density at radius 1 is 1.42 bits per heavy atom. The van der Waals surface area contributed by atoms with Gasteiger partial charge in [0.2, 0.25) is 5.82 Å². The van der Waals surface area contributed by atoms with Crippen LogP contribution < -0.4 is 0 Å². The minimum atomic E-state index is -0.393. The lowest BCUT2D eigenvalue weighted by molar-refractivity contribution is -0.145. The first-order valence-electron chi connectivity index (χ1n) is 7.59. The number of amides is 1. The molecule has 1 saturated heterocycles. The van der Waals surface area contributed by atoms with E-state index in [-0.39, 0.29) is 24.2 Å². The number of aromatic nitrogens is 2. The van der Waals surface area contributed by atoms with Crippen LogP contribution >= 0.6 is 11.8 Å². The molecule has 1 aromatic heterocycles. The van der Waals surface area contributed by atoms with E-state index in [1.807, 2.05) is 31.2 Å². The van der Waals surface area contributed by atoms with E-state index in [1.54, 1.807) is 4.90 Å². The van der Waals surface area contributed by atoms with E-state index in [2.05, 4.69) is 10.1 Å². The van der Waals surface area contributed by atoms with Crippen molar-refractivity contribution in [1.29, 1.82) is 0 Å². The molecule has 3 rings (SSSR count). The van der Waals surface area contributed by atoms with Gasteiger partial charge >= 0.3 is 5.97 Å². The van der Waals surface area contributed by atoms with Crippen molar-refractivity contribution in [2.45, 2.75) is 20.0 Å². The van der Waals surface area contributed by atoms with Gasteiger partial charge in [0.1, 0.15) is 0 Å². The Kier molecular flexibility index (Phi) is 5.14. The van der Waals surface area contributed by atoms with Crippen molar-refractivity contribution < 1.29 is 18.8 Å². The van der Waals surface area contributed by atoms with Crippen LogP contribution in [0.2, 0.25) is 0 Å². The van der Waals surface area contributed by atoms with Crippen LogP contribution in [-0.4, -0.2) is 45.1 Å². The van der Waals surface area contributed by atoms with Crippen molar-refractivity contribution in [2.24, 2.45) is 0 Å². The minimum absolute atomic E-state index is 0.0163. The van der Waals surface area contributed by atoms with Crippen LogP contribution in [0.25, 0.3) is 11.4 Å². The molecule has 1 aromatic carbocycles. The predicted molar refractivity (Wildman–Crippen MR) is 88.3 cm³/mol. The van der Waals surface area contributed by atoms with Gasteiger partial charge in [0, 0.05) is 24.4 Å². The molecule has 0 unspecified atom stereocenters. The van der Waals surface area contributed by atoms with Gasteiger partial charge in [-0.25, -0.2) is 0 Å². The summed E-state index contributed by atoms with van der Waals surface area (Å²) < 4.78 is 10.2. The number of esters is 1. The number of rotatable bonds is 6. The number of thioether (sulfide) groups is 1. The number of carbonyl (C=O) groups excluding carboxylic acids is 2. The molecular weight excluding hydrogens is 330 g/mol. The summed E-state index contributed by atoms with van der Waals surface area (Å²) >= 11 is 1.27. The van der Waals surface area contributed by atoms with E-state index in [0.29, 0.717) is 18.9 Å². The second-order valence-corrected chi connectivity index (χ2v) is 6.38. The molecule has 0 bridgehead atoms. The van der Waals surface area contributed by atoms with E-state index < -0.39 is 5.97 Å². The van der Waals surface area contributed by atoms with E-state index in [4.69, 9.17) is 9.26 Å². The average Bonchev–Trinajstić information content (AvgIpc) is 3.20. The number of ether oxygens (including phenoxy) is 1. The lowest BCUT2D eigenvalue weighted by Crippen LogP contribution is -2.26. The van der Waals surface area contributed by atoms with Crippen molar-refractivity contribution in [3.63, 3.8) is 0 Å². The molecular formula is C16H17N3O4S. The zero-order chi connectivity index (χ0) is 16.9. The third-order valence-electron chi connectivity index (χ3n) is 3.64. The number of hydrogen-bond acceptors (Lipinski definition) is 7. The first kappa shape index (κ1) is 16.5. The Labute approximate surface area is 143 Å². The molecule has 24 heavy (non-hydrogen) atoms. The maximum atomic E-state index is 11.8. The molecule has 126 valence electrons. The summed E-state index contributed by atoms with van der Waals surface area (Å²) in [6, 6.07) is 7.70. The largest absolute Gasteiger partial charge is 0.456 e. The van der Waals surface area contributed by atoms with Gasteiger partial charge in [0.15, 0.2) is 6.61 Å². The second-order valence-electron chi connectivity index (χ2n) is 5.34. The number of nitrogens with zero attached hydrogens (tertiary/aromatic N) is 3. The lowest BCUT2D eigenvalue weighted by atomic mass is 10.1. The Morgan fingerprint density at radius 3 is 3.00 bits per heavy atom. The van der Waals surface area contributed by atoms with Gasteiger partial charge in [0.05, 0.1) is 6.42 Å². The topological polar surface area (TPSA) is 85.5 Å². The lowest BCUT2D eigenvalue weighted by Gasteiger charge is -2.13. The summed E-state index contributed by atoms with van der Waals surface area (Å²) in [5.41, 5.74) is 1.92. The van der Waals surface area contributed by atoms with Crippen LogP contribution in [0.15, 0.2) is 28.8 Å². The minimum Gasteiger partial charge on any atom is -0.456 e. The summed E-state index contributed by atoms with van der Waals surface area (Å²) in [6.45, 7) is 2.95. The van der Waals surface area contributed by atoms with Gasteiger partial charge in [-0.2, -0.15) is 4.98 Å². The number of aryl methyl sites for hydroxylation is 1. The van der Waals surface area contributed by atoms with Crippen LogP contribution in [0, 0.1) is 6.92 Å². The molecule has 1 amide bonds. The van der Waals surface area contributed by atoms with Crippen LogP contribution in [0.3, 0.4) is 0 Å². The molecule has 0 aliphatic carbocycles. The van der Waals surface area contributed by atoms with Crippen LogP contribution in [0.1, 0.15) is 17.9 Å². The first-order chi connectivity index (χ1) is 11.6. The van der Waals surface area contributed by atoms with E-state index in [1.165, 1.54) is 11.8 Å². The highest BCUT2D eigenvalue weighted by atomic mass is 32.2. The normalized spacial score (nSPS) is 14.2. The molecule has 0 N–H and O–H groups in total. The molecule has 2 aromatic rings. The van der Waals surface area contributed by atoms with Gasteiger partial charge in [0.25, 0.3) is 11.1 Å². The molecule has 2 heterocycles. The van der Waals surface area contributed by atoms with E-state index in [9.17, 15) is 9.59 Å². The highest BCUT2D eigenvalue weighted by molar-refractivity contribution is 8.13. The number of carbonyl (C=O) groups is 2. The third-order valence-corrected chi connectivity index (χ3v) is 4.53. The van der Waals surface area contributed by atoms with Crippen molar-refractivity contribution in [3.05, 3.63) is 35.7 Å². The van der Waals surface area contributed by atoms with Crippen LogP contribution in [0.4, 0.5) is 4.79 Å². The zero-order valence-electron chi connectivity index (χ0n) is 13.2. The van der Waals surface area contributed by atoms with Crippen LogP contribution in [0.5, 0.6) is 0 Å². The first-order valence-corrected chi connectivity index (χ1v) is 8.58.